The summed E-state index contributed by atoms with van der Waals surface area (Å²) in [4.78, 5) is 12.0. The maximum absolute atomic E-state index is 12.0. The lowest BCUT2D eigenvalue weighted by Gasteiger charge is -2.06. The van der Waals surface area contributed by atoms with Crippen LogP contribution in [0.3, 0.4) is 0 Å². The Hall–Kier alpha value is -1.83. The van der Waals surface area contributed by atoms with Gasteiger partial charge in [-0.1, -0.05) is 146 Å². The summed E-state index contributed by atoms with van der Waals surface area (Å²) in [6.07, 6.45) is 23.6. The number of ether oxygens (including phenoxy) is 1. The highest BCUT2D eigenvalue weighted by Gasteiger charge is 2.04. The van der Waals surface area contributed by atoms with Gasteiger partial charge in [-0.25, -0.2) is 0 Å². The molecule has 2 aromatic carbocycles. The summed E-state index contributed by atoms with van der Waals surface area (Å²) in [6.45, 7) is 2.66. The molecule has 2 aromatic rings. The normalized spacial score (nSPS) is 11.2. The van der Waals surface area contributed by atoms with E-state index in [0.29, 0.717) is 13.0 Å². The number of fused-ring (bicyclic) bond motifs is 1. The number of hydrogen-bond donors (Lipinski definition) is 0. The third-order valence-electron chi connectivity index (χ3n) is 6.70. The van der Waals surface area contributed by atoms with E-state index in [2.05, 4.69) is 31.2 Å². The third kappa shape index (κ3) is 13.5. The molecule has 0 aromatic heterocycles. The Bertz CT molecular complexity index is 751. The fraction of sp³-hybridized carbons (Fsp3) is 0.645. The van der Waals surface area contributed by atoms with E-state index < -0.39 is 0 Å². The first-order chi connectivity index (χ1) is 16.3. The largest absolute Gasteiger partial charge is 0.461 e. The molecule has 0 amide bonds. The number of carbonyl (C=O) groups excluding carboxylic acids is 1. The second kappa shape index (κ2) is 18.6. The Balaban J connectivity index is 1.33. The number of esters is 1. The molecule has 0 saturated carbocycles. The second-order valence-electron chi connectivity index (χ2n) is 9.75. The third-order valence-corrected chi connectivity index (χ3v) is 6.70. The van der Waals surface area contributed by atoms with Crippen LogP contribution in [-0.2, 0) is 16.1 Å². The van der Waals surface area contributed by atoms with Crippen LogP contribution in [0.5, 0.6) is 0 Å². The minimum Gasteiger partial charge on any atom is -0.461 e. The molecule has 2 rings (SSSR count). The van der Waals surface area contributed by atoms with E-state index in [1.807, 2.05) is 18.2 Å². The maximum Gasteiger partial charge on any atom is 0.306 e. The van der Waals surface area contributed by atoms with Gasteiger partial charge in [-0.15, -0.1) is 0 Å². The van der Waals surface area contributed by atoms with Gasteiger partial charge in [0.1, 0.15) is 6.61 Å². The van der Waals surface area contributed by atoms with Gasteiger partial charge < -0.3 is 4.74 Å². The van der Waals surface area contributed by atoms with Crippen LogP contribution < -0.4 is 0 Å². The van der Waals surface area contributed by atoms with E-state index in [-0.39, 0.29) is 5.97 Å². The zero-order chi connectivity index (χ0) is 23.4. The summed E-state index contributed by atoms with van der Waals surface area (Å²) >= 11 is 0. The summed E-state index contributed by atoms with van der Waals surface area (Å²) in [6, 6.07) is 14.5. The molecule has 0 aliphatic carbocycles. The van der Waals surface area contributed by atoms with Crippen LogP contribution in [0.1, 0.15) is 128 Å². The van der Waals surface area contributed by atoms with E-state index in [0.717, 1.165) is 18.4 Å². The van der Waals surface area contributed by atoms with Crippen LogP contribution in [0, 0.1) is 0 Å². The Kier molecular flexibility index (Phi) is 15.4. The molecular weight excluding hydrogens is 404 g/mol. The summed E-state index contributed by atoms with van der Waals surface area (Å²) in [5, 5.41) is 2.41. The van der Waals surface area contributed by atoms with Crippen LogP contribution in [0.4, 0.5) is 0 Å². The van der Waals surface area contributed by atoms with Crippen LogP contribution in [-0.4, -0.2) is 5.97 Å². The fourth-order valence-electron chi connectivity index (χ4n) is 4.56. The van der Waals surface area contributed by atoms with Crippen LogP contribution in [0.25, 0.3) is 10.8 Å². The zero-order valence-electron chi connectivity index (χ0n) is 21.3. The highest BCUT2D eigenvalue weighted by molar-refractivity contribution is 5.83. The van der Waals surface area contributed by atoms with Gasteiger partial charge >= 0.3 is 5.97 Å². The van der Waals surface area contributed by atoms with Gasteiger partial charge in [0.2, 0.25) is 0 Å². The van der Waals surface area contributed by atoms with Gasteiger partial charge in [-0.2, -0.15) is 0 Å². The minimum absolute atomic E-state index is 0.0656. The van der Waals surface area contributed by atoms with Gasteiger partial charge in [0, 0.05) is 6.42 Å². The average Bonchev–Trinajstić information content (AvgIpc) is 2.84. The van der Waals surface area contributed by atoms with Crippen molar-refractivity contribution in [1.82, 2.24) is 0 Å². The highest BCUT2D eigenvalue weighted by Crippen LogP contribution is 2.17. The Morgan fingerprint density at radius 1 is 0.606 bits per heavy atom. The molecule has 0 N–H and O–H groups in total. The van der Waals surface area contributed by atoms with Crippen molar-refractivity contribution in [3.63, 3.8) is 0 Å². The standard InChI is InChI=1S/C31H48O2/c1-2-3-4-5-6-7-8-9-10-11-12-13-14-15-16-17-18-23-31(32)33-27-28-24-25-29-21-19-20-22-30(29)26-28/h19-22,24-26H,2-18,23,27H2,1H3. The zero-order valence-corrected chi connectivity index (χ0v) is 21.3. The summed E-state index contributed by atoms with van der Waals surface area (Å²) in [7, 11) is 0. The molecule has 0 heterocycles. The number of carbonyl (C=O) groups is 1. The molecule has 0 aliphatic rings. The molecule has 0 atom stereocenters. The van der Waals surface area contributed by atoms with Crippen LogP contribution in [0.2, 0.25) is 0 Å². The lowest BCUT2D eigenvalue weighted by Crippen LogP contribution is -2.04. The topological polar surface area (TPSA) is 26.3 Å². The SMILES string of the molecule is CCCCCCCCCCCCCCCCCCCC(=O)OCc1ccc2ccccc2c1. The van der Waals surface area contributed by atoms with Gasteiger partial charge in [0.05, 0.1) is 0 Å². The van der Waals surface area contributed by atoms with Crippen LogP contribution in [0.15, 0.2) is 42.5 Å². The first-order valence-electron chi connectivity index (χ1n) is 13.9. The van der Waals surface area contributed by atoms with Gasteiger partial charge in [-0.3, -0.25) is 4.79 Å². The van der Waals surface area contributed by atoms with Gasteiger partial charge in [0.25, 0.3) is 0 Å². The van der Waals surface area contributed by atoms with Gasteiger partial charge in [0.15, 0.2) is 0 Å². The van der Waals surface area contributed by atoms with Crippen molar-refractivity contribution in [2.24, 2.45) is 0 Å². The molecule has 0 spiro atoms. The van der Waals surface area contributed by atoms with Crippen LogP contribution >= 0.6 is 0 Å². The Morgan fingerprint density at radius 3 is 1.64 bits per heavy atom. The van der Waals surface area contributed by atoms with E-state index in [9.17, 15) is 4.79 Å². The molecule has 2 nitrogen and oxygen atoms in total. The summed E-state index contributed by atoms with van der Waals surface area (Å²) in [5.41, 5.74) is 1.06. The smallest absolute Gasteiger partial charge is 0.306 e. The molecule has 33 heavy (non-hydrogen) atoms. The van der Waals surface area contributed by atoms with Crippen molar-refractivity contribution >= 4 is 16.7 Å². The Labute approximate surface area is 203 Å². The van der Waals surface area contributed by atoms with Crippen molar-refractivity contribution < 1.29 is 9.53 Å². The summed E-state index contributed by atoms with van der Waals surface area (Å²) in [5.74, 6) is -0.0656. The number of rotatable bonds is 20. The van der Waals surface area contributed by atoms with Crippen molar-refractivity contribution in [3.05, 3.63) is 48.0 Å². The number of unbranched alkanes of at least 4 members (excludes halogenated alkanes) is 16. The van der Waals surface area contributed by atoms with E-state index >= 15 is 0 Å². The molecule has 184 valence electrons. The molecule has 0 fully saturated rings. The minimum atomic E-state index is -0.0656. The molecule has 2 heteroatoms. The molecule has 0 aliphatic heterocycles. The molecule has 0 unspecified atom stereocenters. The quantitative estimate of drug-likeness (QED) is 0.147. The number of benzene rings is 2. The monoisotopic (exact) mass is 452 g/mol. The number of hydrogen-bond acceptors (Lipinski definition) is 2. The fourth-order valence-corrected chi connectivity index (χ4v) is 4.56. The average molecular weight is 453 g/mol. The lowest BCUT2D eigenvalue weighted by molar-refractivity contribution is -0.145. The highest BCUT2D eigenvalue weighted by atomic mass is 16.5. The van der Waals surface area contributed by atoms with Crippen molar-refractivity contribution in [2.45, 2.75) is 129 Å². The first kappa shape index (κ1) is 27.4. The summed E-state index contributed by atoms with van der Waals surface area (Å²) < 4.78 is 5.47. The lowest BCUT2D eigenvalue weighted by atomic mass is 10.0. The van der Waals surface area contributed by atoms with E-state index in [1.54, 1.807) is 0 Å². The molecule has 0 radical (unpaired) electrons. The van der Waals surface area contributed by atoms with Gasteiger partial charge in [-0.05, 0) is 28.8 Å². The molecule has 0 saturated heterocycles. The second-order valence-corrected chi connectivity index (χ2v) is 9.75. The predicted molar refractivity (Wildman–Crippen MR) is 143 cm³/mol. The van der Waals surface area contributed by atoms with Crippen molar-refractivity contribution in [3.8, 4) is 0 Å². The first-order valence-corrected chi connectivity index (χ1v) is 13.9. The van der Waals surface area contributed by atoms with E-state index in [4.69, 9.17) is 4.74 Å². The van der Waals surface area contributed by atoms with Crippen molar-refractivity contribution in [1.29, 1.82) is 0 Å². The van der Waals surface area contributed by atoms with Crippen molar-refractivity contribution in [2.75, 3.05) is 0 Å². The molecule has 0 bridgehead atoms. The Morgan fingerprint density at radius 2 is 1.09 bits per heavy atom. The van der Waals surface area contributed by atoms with E-state index in [1.165, 1.54) is 107 Å². The predicted octanol–water partition coefficient (Wildman–Crippen LogP) is 9.92. The molecular formula is C31H48O2. The maximum atomic E-state index is 12.0.